The molecule has 6 nitrogen and oxygen atoms in total. The van der Waals surface area contributed by atoms with E-state index in [2.05, 4.69) is 36.9 Å². The predicted molar refractivity (Wildman–Crippen MR) is 155 cm³/mol. The minimum absolute atomic E-state index is 0.142. The van der Waals surface area contributed by atoms with Gasteiger partial charge in [-0.25, -0.2) is 4.79 Å². The third-order valence-electron chi connectivity index (χ3n) is 6.80. The van der Waals surface area contributed by atoms with Gasteiger partial charge >= 0.3 is 11.7 Å². The van der Waals surface area contributed by atoms with Gasteiger partial charge in [-0.1, -0.05) is 75.2 Å². The number of hydrogen-bond donors (Lipinski definition) is 0. The number of fused-ring (bicyclic) bond motifs is 1. The average molecular weight is 523 g/mol. The molecule has 0 saturated carbocycles. The molecule has 4 aromatic rings. The molecule has 3 aromatic carbocycles. The minimum Gasteiger partial charge on any atom is -0.481 e. The number of carbonyl (C=O) groups excluding carboxylic acids is 1. The number of hydrogen-bond acceptors (Lipinski definition) is 5. The van der Waals surface area contributed by atoms with Gasteiger partial charge in [0.25, 0.3) is 0 Å². The van der Waals surface area contributed by atoms with E-state index in [0.717, 1.165) is 27.6 Å². The highest BCUT2D eigenvalue weighted by Crippen LogP contribution is 2.30. The van der Waals surface area contributed by atoms with Gasteiger partial charge in [-0.05, 0) is 54.2 Å². The van der Waals surface area contributed by atoms with Gasteiger partial charge in [0.1, 0.15) is 12.4 Å². The van der Waals surface area contributed by atoms with Crippen LogP contribution in [0.5, 0.6) is 5.75 Å². The van der Waals surface area contributed by atoms with Crippen molar-refractivity contribution in [3.05, 3.63) is 93.9 Å². The second-order valence-corrected chi connectivity index (χ2v) is 9.74. The van der Waals surface area contributed by atoms with Gasteiger partial charge in [0.15, 0.2) is 0 Å². The van der Waals surface area contributed by atoms with Crippen molar-refractivity contribution in [3.8, 4) is 29.4 Å². The molecule has 1 aromatic heterocycles. The maximum atomic E-state index is 13.5. The number of benzene rings is 3. The molecule has 1 heterocycles. The first-order chi connectivity index (χ1) is 18.9. The molecule has 6 heteroatoms. The Kier molecular flexibility index (Phi) is 8.83. The molecule has 4 rings (SSSR count). The second-order valence-electron chi connectivity index (χ2n) is 9.74. The van der Waals surface area contributed by atoms with Crippen LogP contribution < -0.4 is 10.4 Å². The number of nitrogens with zero attached hydrogens (tertiary/aromatic N) is 2. The third kappa shape index (κ3) is 6.21. The highest BCUT2D eigenvalue weighted by molar-refractivity contribution is 5.93. The van der Waals surface area contributed by atoms with Gasteiger partial charge in [0.05, 0.1) is 30.3 Å². The van der Waals surface area contributed by atoms with E-state index in [1.54, 1.807) is 11.5 Å². The summed E-state index contributed by atoms with van der Waals surface area (Å²) in [6.45, 7) is 8.82. The molecule has 1 atom stereocenters. The summed E-state index contributed by atoms with van der Waals surface area (Å²) in [4.78, 5) is 30.5. The van der Waals surface area contributed by atoms with Crippen LogP contribution in [-0.4, -0.2) is 28.7 Å². The number of terminal acetylenes is 1. The van der Waals surface area contributed by atoms with Crippen molar-refractivity contribution in [2.75, 3.05) is 13.2 Å². The summed E-state index contributed by atoms with van der Waals surface area (Å²) in [6.07, 6.45) is 6.02. The summed E-state index contributed by atoms with van der Waals surface area (Å²) in [5.41, 5.74) is 4.79. The standard InChI is InChI=1S/C33H34N2O4/c1-6-18-39-27-16-17-30-29(20-27)31(25-14-12-24(13-15-25)22(4)5)34-33(37)35(30)21-23-10-9-11-26(19-23)28(7-2)32(36)38-8-3/h1,9-17,19-20,22,28H,7-8,18,21H2,2-5H3. The van der Waals surface area contributed by atoms with Crippen LogP contribution >= 0.6 is 0 Å². The molecule has 0 amide bonds. The summed E-state index contributed by atoms with van der Waals surface area (Å²) in [6, 6.07) is 21.4. The summed E-state index contributed by atoms with van der Waals surface area (Å²) in [5, 5.41) is 0.788. The lowest BCUT2D eigenvalue weighted by molar-refractivity contribution is -0.145. The Morgan fingerprint density at radius 1 is 1.03 bits per heavy atom. The average Bonchev–Trinajstić information content (AvgIpc) is 2.94. The normalized spacial score (nSPS) is 11.8. The number of esters is 1. The maximum Gasteiger partial charge on any atom is 0.348 e. The Morgan fingerprint density at radius 3 is 2.46 bits per heavy atom. The third-order valence-corrected chi connectivity index (χ3v) is 6.80. The van der Waals surface area contributed by atoms with Crippen LogP contribution in [0.4, 0.5) is 0 Å². The Balaban J connectivity index is 1.81. The zero-order chi connectivity index (χ0) is 27.9. The predicted octanol–water partition coefficient (Wildman–Crippen LogP) is 6.30. The van der Waals surface area contributed by atoms with Gasteiger partial charge in [0.2, 0.25) is 0 Å². The molecule has 0 spiro atoms. The molecule has 0 bridgehead atoms. The lowest BCUT2D eigenvalue weighted by Gasteiger charge is -2.17. The Morgan fingerprint density at radius 2 is 1.79 bits per heavy atom. The SMILES string of the molecule is C#CCOc1ccc2c(c1)c(-c1ccc(C(C)C)cc1)nc(=O)n2Cc1cccc(C(CC)C(=O)OCC)c1. The van der Waals surface area contributed by atoms with Gasteiger partial charge < -0.3 is 9.47 Å². The molecule has 0 saturated heterocycles. The fourth-order valence-corrected chi connectivity index (χ4v) is 4.75. The summed E-state index contributed by atoms with van der Waals surface area (Å²) < 4.78 is 12.6. The molecule has 0 N–H and O–H groups in total. The van der Waals surface area contributed by atoms with Gasteiger partial charge in [-0.15, -0.1) is 6.42 Å². The van der Waals surface area contributed by atoms with E-state index in [4.69, 9.17) is 15.9 Å². The number of rotatable bonds is 10. The largest absolute Gasteiger partial charge is 0.481 e. The van der Waals surface area contributed by atoms with E-state index in [1.165, 1.54) is 5.56 Å². The lowest BCUT2D eigenvalue weighted by Crippen LogP contribution is -2.25. The first-order valence-electron chi connectivity index (χ1n) is 13.3. The fourth-order valence-electron chi connectivity index (χ4n) is 4.75. The van der Waals surface area contributed by atoms with Crippen molar-refractivity contribution in [2.45, 2.75) is 52.5 Å². The molecule has 0 aliphatic heterocycles. The van der Waals surface area contributed by atoms with Crippen molar-refractivity contribution in [1.29, 1.82) is 0 Å². The van der Waals surface area contributed by atoms with E-state index in [-0.39, 0.29) is 24.2 Å². The zero-order valence-corrected chi connectivity index (χ0v) is 22.9. The maximum absolute atomic E-state index is 13.5. The highest BCUT2D eigenvalue weighted by atomic mass is 16.5. The molecular formula is C33H34N2O4. The van der Waals surface area contributed by atoms with E-state index in [0.29, 0.717) is 36.9 Å². The van der Waals surface area contributed by atoms with E-state index in [1.807, 2.05) is 61.5 Å². The second kappa shape index (κ2) is 12.4. The van der Waals surface area contributed by atoms with Gasteiger partial charge in [0, 0.05) is 10.9 Å². The first-order valence-corrected chi connectivity index (χ1v) is 13.3. The highest BCUT2D eigenvalue weighted by Gasteiger charge is 2.21. The van der Waals surface area contributed by atoms with Crippen molar-refractivity contribution in [1.82, 2.24) is 9.55 Å². The Bertz CT molecular complexity index is 1560. The molecule has 1 unspecified atom stereocenters. The van der Waals surface area contributed by atoms with Crippen molar-refractivity contribution in [3.63, 3.8) is 0 Å². The fraction of sp³-hybridized carbons (Fsp3) is 0.303. The summed E-state index contributed by atoms with van der Waals surface area (Å²) in [7, 11) is 0. The molecule has 0 fully saturated rings. The van der Waals surface area contributed by atoms with Gasteiger partial charge in [-0.3, -0.25) is 9.36 Å². The monoisotopic (exact) mass is 522 g/mol. The molecule has 0 aliphatic carbocycles. The number of aromatic nitrogens is 2. The first kappa shape index (κ1) is 27.7. The van der Waals surface area contributed by atoms with Crippen molar-refractivity contribution < 1.29 is 14.3 Å². The summed E-state index contributed by atoms with van der Waals surface area (Å²) >= 11 is 0. The van der Waals surface area contributed by atoms with Crippen LogP contribution in [0.15, 0.2) is 71.5 Å². The quantitative estimate of drug-likeness (QED) is 0.180. The molecule has 0 aliphatic rings. The Hall–Kier alpha value is -4.37. The molecule has 0 radical (unpaired) electrons. The topological polar surface area (TPSA) is 70.4 Å². The molecule has 39 heavy (non-hydrogen) atoms. The van der Waals surface area contributed by atoms with Crippen molar-refractivity contribution in [2.24, 2.45) is 0 Å². The number of carbonyl (C=O) groups is 1. The summed E-state index contributed by atoms with van der Waals surface area (Å²) in [5.74, 6) is 2.89. The van der Waals surface area contributed by atoms with Crippen LogP contribution in [0, 0.1) is 12.3 Å². The minimum atomic E-state index is -0.358. The van der Waals surface area contributed by atoms with E-state index >= 15 is 0 Å². The van der Waals surface area contributed by atoms with E-state index < -0.39 is 0 Å². The van der Waals surface area contributed by atoms with E-state index in [9.17, 15) is 9.59 Å². The molecular weight excluding hydrogens is 488 g/mol. The van der Waals surface area contributed by atoms with Crippen LogP contribution in [0.25, 0.3) is 22.2 Å². The smallest absolute Gasteiger partial charge is 0.348 e. The van der Waals surface area contributed by atoms with Crippen LogP contribution in [0.1, 0.15) is 62.6 Å². The van der Waals surface area contributed by atoms with Crippen LogP contribution in [0.2, 0.25) is 0 Å². The van der Waals surface area contributed by atoms with Gasteiger partial charge in [-0.2, -0.15) is 4.98 Å². The van der Waals surface area contributed by atoms with Crippen molar-refractivity contribution >= 4 is 16.9 Å². The zero-order valence-electron chi connectivity index (χ0n) is 22.9. The van der Waals surface area contributed by atoms with Crippen LogP contribution in [-0.2, 0) is 16.1 Å². The lowest BCUT2D eigenvalue weighted by atomic mass is 9.95. The Labute approximate surface area is 229 Å². The number of ether oxygens (including phenoxy) is 2. The molecule has 200 valence electrons. The van der Waals surface area contributed by atoms with Crippen LogP contribution in [0.3, 0.4) is 0 Å².